The van der Waals surface area contributed by atoms with Gasteiger partial charge in [0.15, 0.2) is 0 Å². The number of sulfonamides is 1. The molecule has 2 aromatic rings. The Hall–Kier alpha value is -1.70. The monoisotopic (exact) mass is 364 g/mol. The van der Waals surface area contributed by atoms with Crippen molar-refractivity contribution >= 4 is 33.0 Å². The molecule has 0 radical (unpaired) electrons. The molecule has 1 aliphatic heterocycles. The number of amides is 1. The maximum atomic E-state index is 12.2. The van der Waals surface area contributed by atoms with Crippen molar-refractivity contribution in [2.75, 3.05) is 11.4 Å². The van der Waals surface area contributed by atoms with Gasteiger partial charge >= 0.3 is 0 Å². The molecule has 0 atom stereocenters. The van der Waals surface area contributed by atoms with E-state index in [-0.39, 0.29) is 12.5 Å². The number of hydrogen-bond acceptors (Lipinski definition) is 4. The van der Waals surface area contributed by atoms with E-state index in [1.165, 1.54) is 11.3 Å². The van der Waals surface area contributed by atoms with Gasteiger partial charge in [0, 0.05) is 25.2 Å². The van der Waals surface area contributed by atoms with Crippen LogP contribution >= 0.6 is 11.3 Å². The fraction of sp³-hybridized carbons (Fsp3) is 0.353. The van der Waals surface area contributed by atoms with Gasteiger partial charge in [-0.3, -0.25) is 4.79 Å². The van der Waals surface area contributed by atoms with E-state index in [4.69, 9.17) is 0 Å². The van der Waals surface area contributed by atoms with Crippen molar-refractivity contribution < 1.29 is 13.2 Å². The summed E-state index contributed by atoms with van der Waals surface area (Å²) in [6.07, 6.45) is 2.13. The molecule has 24 heavy (non-hydrogen) atoms. The van der Waals surface area contributed by atoms with Gasteiger partial charge in [-0.25, -0.2) is 13.1 Å². The largest absolute Gasteiger partial charge is 0.312 e. The third kappa shape index (κ3) is 3.53. The van der Waals surface area contributed by atoms with Gasteiger partial charge in [0.1, 0.15) is 4.21 Å². The zero-order valence-corrected chi connectivity index (χ0v) is 15.1. The molecule has 5 nitrogen and oxygen atoms in total. The van der Waals surface area contributed by atoms with Crippen LogP contribution in [0.25, 0.3) is 0 Å². The number of benzene rings is 1. The third-order valence-electron chi connectivity index (χ3n) is 4.02. The molecule has 0 saturated heterocycles. The highest BCUT2D eigenvalue weighted by Gasteiger charge is 2.23. The molecule has 1 aliphatic rings. The van der Waals surface area contributed by atoms with Crippen LogP contribution in [0.1, 0.15) is 30.9 Å². The lowest BCUT2D eigenvalue weighted by molar-refractivity contribution is -0.118. The van der Waals surface area contributed by atoms with E-state index in [1.807, 2.05) is 23.1 Å². The Morgan fingerprint density at radius 2 is 2.08 bits per heavy atom. The smallest absolute Gasteiger partial charge is 0.250 e. The number of aryl methyl sites for hydroxylation is 1. The van der Waals surface area contributed by atoms with Crippen LogP contribution in [0, 0.1) is 0 Å². The quantitative estimate of drug-likeness (QED) is 0.857. The lowest BCUT2D eigenvalue weighted by Crippen LogP contribution is -2.35. The van der Waals surface area contributed by atoms with Crippen molar-refractivity contribution in [1.29, 1.82) is 0 Å². The fourth-order valence-electron chi connectivity index (χ4n) is 2.86. The summed E-state index contributed by atoms with van der Waals surface area (Å²) in [5.41, 5.74) is 2.97. The van der Waals surface area contributed by atoms with Crippen molar-refractivity contribution in [3.63, 3.8) is 0 Å². The highest BCUT2D eigenvalue weighted by atomic mass is 32.2. The van der Waals surface area contributed by atoms with Crippen LogP contribution in [-0.4, -0.2) is 20.9 Å². The van der Waals surface area contributed by atoms with E-state index in [1.54, 1.807) is 17.5 Å². The molecule has 1 aromatic carbocycles. The van der Waals surface area contributed by atoms with Gasteiger partial charge in [0.2, 0.25) is 15.9 Å². The second kappa shape index (κ2) is 7.04. The molecule has 1 N–H and O–H groups in total. The molecule has 7 heteroatoms. The summed E-state index contributed by atoms with van der Waals surface area (Å²) in [6.45, 7) is 3.01. The number of hydrogen-bond donors (Lipinski definition) is 1. The molecule has 0 spiro atoms. The normalized spacial score (nSPS) is 14.7. The van der Waals surface area contributed by atoms with Gasteiger partial charge < -0.3 is 4.90 Å². The molecule has 3 rings (SSSR count). The lowest BCUT2D eigenvalue weighted by atomic mass is 9.98. The molecule has 0 bridgehead atoms. The second-order valence-electron chi connectivity index (χ2n) is 5.77. The van der Waals surface area contributed by atoms with E-state index in [0.29, 0.717) is 17.1 Å². The third-order valence-corrected chi connectivity index (χ3v) is 6.82. The topological polar surface area (TPSA) is 66.5 Å². The van der Waals surface area contributed by atoms with Crippen LogP contribution in [0.3, 0.4) is 0 Å². The van der Waals surface area contributed by atoms with Crippen molar-refractivity contribution in [3.8, 4) is 0 Å². The number of thiophene rings is 1. The first-order valence-electron chi connectivity index (χ1n) is 7.96. The van der Waals surface area contributed by atoms with Crippen molar-refractivity contribution in [3.05, 3.63) is 46.8 Å². The molecule has 0 fully saturated rings. The summed E-state index contributed by atoms with van der Waals surface area (Å²) < 4.78 is 27.3. The molecule has 0 aliphatic carbocycles. The van der Waals surface area contributed by atoms with E-state index >= 15 is 0 Å². The van der Waals surface area contributed by atoms with Gasteiger partial charge in [0.25, 0.3) is 0 Å². The Morgan fingerprint density at radius 3 is 2.79 bits per heavy atom. The number of anilines is 1. The van der Waals surface area contributed by atoms with Crippen LogP contribution in [0.2, 0.25) is 0 Å². The summed E-state index contributed by atoms with van der Waals surface area (Å²) >= 11 is 1.20. The highest BCUT2D eigenvalue weighted by molar-refractivity contribution is 7.91. The highest BCUT2D eigenvalue weighted by Crippen LogP contribution is 2.29. The predicted octanol–water partition coefficient (Wildman–Crippen LogP) is 2.92. The second-order valence-corrected chi connectivity index (χ2v) is 8.71. The Labute approximate surface area is 146 Å². The molecule has 0 unspecified atom stereocenters. The minimum absolute atomic E-state index is 0.162. The van der Waals surface area contributed by atoms with Crippen LogP contribution in [0.4, 0.5) is 5.69 Å². The van der Waals surface area contributed by atoms with Crippen LogP contribution in [0.15, 0.2) is 39.9 Å². The first-order chi connectivity index (χ1) is 11.5. The zero-order chi connectivity index (χ0) is 17.2. The van der Waals surface area contributed by atoms with Gasteiger partial charge in [-0.2, -0.15) is 0 Å². The average Bonchev–Trinajstić information content (AvgIpc) is 3.11. The van der Waals surface area contributed by atoms with E-state index in [9.17, 15) is 13.2 Å². The number of nitrogens with one attached hydrogen (secondary N) is 1. The fourth-order valence-corrected chi connectivity index (χ4v) is 4.91. The SMILES string of the molecule is CCCN1C(=O)CCc2cc(CNS(=O)(=O)c3cccs3)ccc21. The number of rotatable bonds is 6. The summed E-state index contributed by atoms with van der Waals surface area (Å²) in [7, 11) is -3.46. The standard InChI is InChI=1S/C17H20N2O3S2/c1-2-9-19-15-7-5-13(11-14(15)6-8-16(19)20)12-18-24(21,22)17-4-3-10-23-17/h3-5,7,10-11,18H,2,6,8-9,12H2,1H3. The maximum Gasteiger partial charge on any atom is 0.250 e. The first kappa shape index (κ1) is 17.1. The Kier molecular flexibility index (Phi) is 5.03. The minimum Gasteiger partial charge on any atom is -0.312 e. The summed E-state index contributed by atoms with van der Waals surface area (Å²) in [6, 6.07) is 9.13. The number of fused-ring (bicyclic) bond motifs is 1. The number of nitrogens with zero attached hydrogens (tertiary/aromatic N) is 1. The van der Waals surface area contributed by atoms with Gasteiger partial charge in [-0.05, 0) is 41.5 Å². The molecule has 128 valence electrons. The van der Waals surface area contributed by atoms with E-state index in [0.717, 1.165) is 29.8 Å². The lowest BCUT2D eigenvalue weighted by Gasteiger charge is -2.29. The van der Waals surface area contributed by atoms with E-state index in [2.05, 4.69) is 11.6 Å². The van der Waals surface area contributed by atoms with Crippen LogP contribution < -0.4 is 9.62 Å². The Morgan fingerprint density at radius 1 is 1.25 bits per heavy atom. The summed E-state index contributed by atoms with van der Waals surface area (Å²) in [5.74, 6) is 0.162. The molecule has 1 aromatic heterocycles. The molecule has 0 saturated carbocycles. The van der Waals surface area contributed by atoms with Crippen LogP contribution in [-0.2, 0) is 27.8 Å². The predicted molar refractivity (Wildman–Crippen MR) is 95.8 cm³/mol. The number of carbonyl (C=O) groups excluding carboxylic acids is 1. The van der Waals surface area contributed by atoms with Gasteiger partial charge in [-0.1, -0.05) is 25.1 Å². The molecular formula is C17H20N2O3S2. The molecule has 1 amide bonds. The van der Waals surface area contributed by atoms with Gasteiger partial charge in [-0.15, -0.1) is 11.3 Å². The molecule has 2 heterocycles. The van der Waals surface area contributed by atoms with Gasteiger partial charge in [0.05, 0.1) is 0 Å². The minimum atomic E-state index is -3.46. The molecular weight excluding hydrogens is 344 g/mol. The average molecular weight is 364 g/mol. The van der Waals surface area contributed by atoms with E-state index < -0.39 is 10.0 Å². The summed E-state index contributed by atoms with van der Waals surface area (Å²) in [4.78, 5) is 13.9. The van der Waals surface area contributed by atoms with Crippen molar-refractivity contribution in [2.24, 2.45) is 0 Å². The summed E-state index contributed by atoms with van der Waals surface area (Å²) in [5, 5.41) is 1.74. The van der Waals surface area contributed by atoms with Crippen LogP contribution in [0.5, 0.6) is 0 Å². The van der Waals surface area contributed by atoms with Crippen molar-refractivity contribution in [1.82, 2.24) is 4.72 Å². The van der Waals surface area contributed by atoms with Crippen molar-refractivity contribution in [2.45, 2.75) is 36.9 Å². The zero-order valence-electron chi connectivity index (χ0n) is 13.5. The maximum absolute atomic E-state index is 12.2. The Balaban J connectivity index is 1.76. The number of carbonyl (C=O) groups is 1. The Bertz CT molecular complexity index is 830. The first-order valence-corrected chi connectivity index (χ1v) is 10.3.